The molecule has 8 unspecified atom stereocenters. The van der Waals surface area contributed by atoms with Crippen molar-refractivity contribution in [3.8, 4) is 0 Å². The van der Waals surface area contributed by atoms with Crippen LogP contribution >= 0.6 is 0 Å². The van der Waals surface area contributed by atoms with E-state index in [4.69, 9.17) is 37.9 Å². The number of aliphatic carboxylic acids is 1. The molecule has 466 valence electrons. The molecule has 0 aromatic heterocycles. The molecule has 0 aromatic carbocycles. The Labute approximate surface area is 477 Å². The molecule has 0 radical (unpaired) electrons. The Morgan fingerprint density at radius 2 is 1.26 bits per heavy atom. The van der Waals surface area contributed by atoms with E-state index in [1.807, 2.05) is 27.7 Å². The van der Waals surface area contributed by atoms with Gasteiger partial charge in [-0.15, -0.1) is 0 Å². The average Bonchev–Trinajstić information content (AvgIpc) is 1.87. The molecular weight excluding hydrogens is 1080 g/mol. The number of ether oxygens (including phenoxy) is 8. The highest BCUT2D eigenvalue weighted by molar-refractivity contribution is 5.87. The molecule has 82 heavy (non-hydrogen) atoms. The highest BCUT2D eigenvalue weighted by Gasteiger charge is 2.77. The topological polar surface area (TPSA) is 388 Å². The van der Waals surface area contributed by atoms with Gasteiger partial charge in [-0.3, -0.25) is 4.79 Å². The third-order valence-corrected chi connectivity index (χ3v) is 21.7. The Morgan fingerprint density at radius 3 is 1.82 bits per heavy atom. The highest BCUT2D eigenvalue weighted by atomic mass is 16.8. The van der Waals surface area contributed by atoms with E-state index in [1.54, 1.807) is 39.8 Å². The van der Waals surface area contributed by atoms with Crippen LogP contribution in [0.1, 0.15) is 114 Å². The first-order valence-electron chi connectivity index (χ1n) is 28.8. The number of fused-ring (bicyclic) bond motifs is 7. The van der Waals surface area contributed by atoms with Gasteiger partial charge in [0.2, 0.25) is 0 Å². The molecule has 24 heteroatoms. The van der Waals surface area contributed by atoms with Gasteiger partial charge in [0.25, 0.3) is 0 Å². The first-order chi connectivity index (χ1) is 38.4. The molecule has 4 saturated carbocycles. The predicted molar refractivity (Wildman–Crippen MR) is 283 cm³/mol. The second-order valence-corrected chi connectivity index (χ2v) is 26.3. The number of esters is 2. The smallest absolute Gasteiger partial charge is 0.335 e. The van der Waals surface area contributed by atoms with Crippen molar-refractivity contribution in [1.82, 2.24) is 0 Å². The lowest BCUT2D eigenvalue weighted by Crippen LogP contribution is -2.76. The number of allylic oxidation sites excluding steroid dienone is 3. The zero-order chi connectivity index (χ0) is 60.7. The Kier molecular flexibility index (Phi) is 18.9. The summed E-state index contributed by atoms with van der Waals surface area (Å²) in [5.41, 5.74) is -4.76. The Bertz CT molecular complexity index is 2430. The van der Waals surface area contributed by atoms with Crippen LogP contribution in [0, 0.1) is 50.2 Å². The van der Waals surface area contributed by atoms with E-state index >= 15 is 0 Å². The fourth-order valence-corrected chi connectivity index (χ4v) is 16.4. The SMILES string of the molecule is C/C=C(/C)CC(=O)O[C@H]1[C@H](OC(=O)/C(C)=C\C)C(C)(C)CC2C3=CCC4[C@@]5(C)CC[C@H](O[C@@H]6OC(C(=O)O)[C@@H](O)[C@@H](O[C@@H]7O[C@@H](CO)C(O)[C@@H]7O)C6O[C@@H]6OC(CO)[C@@H](O)[C@@H](O)C6O)[C@](C)(CO)C5CC[C@@]4(C)[C@]3(C)[C@@H](O)[C@@H](O)[C@]21CO. The van der Waals surface area contributed by atoms with Crippen molar-refractivity contribution >= 4 is 17.9 Å². The first-order valence-corrected chi connectivity index (χ1v) is 28.8. The number of aliphatic hydroxyl groups excluding tert-OH is 12. The van der Waals surface area contributed by atoms with Crippen LogP contribution in [0.15, 0.2) is 34.9 Å². The zero-order valence-electron chi connectivity index (χ0n) is 48.5. The van der Waals surface area contributed by atoms with Crippen LogP contribution in [-0.2, 0) is 52.3 Å². The van der Waals surface area contributed by atoms with Crippen molar-refractivity contribution in [2.45, 2.75) is 231 Å². The van der Waals surface area contributed by atoms with Gasteiger partial charge in [-0.05, 0) is 94.8 Å². The lowest BCUT2D eigenvalue weighted by atomic mass is 9.32. The quantitative estimate of drug-likeness (QED) is 0.0406. The number of carboxylic acid groups (broad SMARTS) is 1. The maximum absolute atomic E-state index is 13.9. The van der Waals surface area contributed by atoms with Crippen molar-refractivity contribution in [2.75, 3.05) is 26.4 Å². The minimum Gasteiger partial charge on any atom is -0.479 e. The predicted octanol–water partition coefficient (Wildman–Crippen LogP) is -0.375. The minimum absolute atomic E-state index is 0.115. The maximum Gasteiger partial charge on any atom is 0.335 e. The molecule has 5 aliphatic carbocycles. The van der Waals surface area contributed by atoms with Crippen molar-refractivity contribution < 1.29 is 119 Å². The zero-order valence-corrected chi connectivity index (χ0v) is 48.5. The van der Waals surface area contributed by atoms with Gasteiger partial charge in [0, 0.05) is 21.8 Å². The van der Waals surface area contributed by atoms with Crippen LogP contribution in [-0.4, -0.2) is 227 Å². The van der Waals surface area contributed by atoms with E-state index in [2.05, 4.69) is 19.9 Å². The summed E-state index contributed by atoms with van der Waals surface area (Å²) in [6.45, 7) is 15.7. The number of aliphatic hydroxyl groups is 12. The van der Waals surface area contributed by atoms with Crippen molar-refractivity contribution in [3.63, 3.8) is 0 Å². The van der Waals surface area contributed by atoms with E-state index in [-0.39, 0.29) is 25.2 Å². The van der Waals surface area contributed by atoms with Gasteiger partial charge >= 0.3 is 17.9 Å². The van der Waals surface area contributed by atoms with Gasteiger partial charge in [-0.25, -0.2) is 9.59 Å². The molecule has 8 aliphatic rings. The van der Waals surface area contributed by atoms with Gasteiger partial charge in [0.1, 0.15) is 67.1 Å². The van der Waals surface area contributed by atoms with Crippen molar-refractivity contribution in [1.29, 1.82) is 0 Å². The molecule has 0 spiro atoms. The molecule has 3 saturated heterocycles. The fourth-order valence-electron chi connectivity index (χ4n) is 16.4. The molecule has 8 rings (SSSR count). The molecule has 0 bridgehead atoms. The number of hydrogen-bond donors (Lipinski definition) is 13. The number of hydrogen-bond acceptors (Lipinski definition) is 23. The number of rotatable bonds is 16. The summed E-state index contributed by atoms with van der Waals surface area (Å²) in [5, 5.41) is 146. The molecule has 3 heterocycles. The Morgan fingerprint density at radius 1 is 0.659 bits per heavy atom. The summed E-state index contributed by atoms with van der Waals surface area (Å²) < 4.78 is 48.9. The summed E-state index contributed by atoms with van der Waals surface area (Å²) in [6.07, 6.45) is -25.6. The van der Waals surface area contributed by atoms with Crippen LogP contribution in [0.25, 0.3) is 0 Å². The highest BCUT2D eigenvalue weighted by Crippen LogP contribution is 2.76. The lowest BCUT2D eigenvalue weighted by Gasteiger charge is -2.73. The van der Waals surface area contributed by atoms with E-state index < -0.39 is 205 Å². The molecule has 3 aliphatic heterocycles. The van der Waals surface area contributed by atoms with Crippen LogP contribution < -0.4 is 0 Å². The van der Waals surface area contributed by atoms with Gasteiger partial charge in [-0.1, -0.05) is 70.9 Å². The Balaban J connectivity index is 1.15. The Hall–Kier alpha value is -3.09. The molecule has 0 aromatic rings. The van der Waals surface area contributed by atoms with Crippen LogP contribution in [0.3, 0.4) is 0 Å². The van der Waals surface area contributed by atoms with Gasteiger partial charge in [0.05, 0.1) is 56.6 Å². The largest absolute Gasteiger partial charge is 0.479 e. The van der Waals surface area contributed by atoms with E-state index in [0.29, 0.717) is 36.8 Å². The first kappa shape index (κ1) is 64.9. The van der Waals surface area contributed by atoms with Crippen molar-refractivity contribution in [2.24, 2.45) is 50.2 Å². The molecule has 13 N–H and O–H groups in total. The molecular formula is C58H90O24. The monoisotopic (exact) mass is 1170 g/mol. The molecule has 27 atom stereocenters. The standard InChI is InChI=1S/C58H90O24/c1-11-25(3)19-34(63)78-47-46(82-49(74)26(4)12-2)53(5,6)20-28-27-13-14-32-54(7)17-16-33(55(8,23-61)31(54)15-18-56(32,9)57(27,10)44(70)45(71)58(28,47)24-62)77-52-43(81-51-39(68)37(66)35(64)29(21-59)75-51)41(40(69)42(80-52)48(72)73)79-50-38(67)36(65)30(22-60)76-50/h11-13,28-33,35-47,50-52,59-62,64-71H,14-24H2,1-10H3,(H,72,73)/b25-11-,26-12-/t28?,29?,30-,31?,32?,33-,35+,36?,37+,38-,39?,40-,41+,42?,43?,44-,45+,46-,47-,50-,51-,52+,54-,55+,56+,57-,58-/m0/s1. The maximum atomic E-state index is 13.9. The summed E-state index contributed by atoms with van der Waals surface area (Å²) >= 11 is 0. The number of carbonyl (C=O) groups excluding carboxylic acids is 2. The number of carboxylic acids is 1. The van der Waals surface area contributed by atoms with Crippen molar-refractivity contribution in [3.05, 3.63) is 34.9 Å². The van der Waals surface area contributed by atoms with Crippen LogP contribution in [0.2, 0.25) is 0 Å². The molecule has 24 nitrogen and oxygen atoms in total. The molecule has 0 amide bonds. The summed E-state index contributed by atoms with van der Waals surface area (Å²) in [5.74, 6) is -4.39. The lowest BCUT2D eigenvalue weighted by molar-refractivity contribution is -0.387. The van der Waals surface area contributed by atoms with Gasteiger partial charge < -0.3 is 104 Å². The third kappa shape index (κ3) is 10.3. The van der Waals surface area contributed by atoms with Gasteiger partial charge in [-0.2, -0.15) is 0 Å². The molecule has 7 fully saturated rings. The van der Waals surface area contributed by atoms with E-state index in [1.165, 1.54) is 0 Å². The summed E-state index contributed by atoms with van der Waals surface area (Å²) in [7, 11) is 0. The van der Waals surface area contributed by atoms with Crippen LogP contribution in [0.5, 0.6) is 0 Å². The summed E-state index contributed by atoms with van der Waals surface area (Å²) in [6, 6.07) is 0. The van der Waals surface area contributed by atoms with Gasteiger partial charge in [0.15, 0.2) is 31.1 Å². The second-order valence-electron chi connectivity index (χ2n) is 26.3. The minimum atomic E-state index is -2.18. The second kappa shape index (κ2) is 23.9. The fraction of sp³-hybridized carbons (Fsp3) is 0.845. The van der Waals surface area contributed by atoms with E-state index in [9.17, 15) is 80.8 Å². The average molecular weight is 1170 g/mol. The summed E-state index contributed by atoms with van der Waals surface area (Å²) in [4.78, 5) is 40.5. The van der Waals surface area contributed by atoms with Crippen LogP contribution in [0.4, 0.5) is 0 Å². The third-order valence-electron chi connectivity index (χ3n) is 21.7. The normalized spacial score (nSPS) is 49.3. The number of carbonyl (C=O) groups is 3. The van der Waals surface area contributed by atoms with E-state index in [0.717, 1.165) is 5.57 Å².